The molecular weight excluding hydrogens is 404 g/mol. The first-order valence-corrected chi connectivity index (χ1v) is 10.7. The number of nitrogens with two attached hydrogens (primary N) is 1. The van der Waals surface area contributed by atoms with E-state index in [0.29, 0.717) is 17.1 Å². The summed E-state index contributed by atoms with van der Waals surface area (Å²) in [6.07, 6.45) is 2.45. The third-order valence-electron chi connectivity index (χ3n) is 6.34. The van der Waals surface area contributed by atoms with Crippen LogP contribution in [0.3, 0.4) is 0 Å². The fourth-order valence-corrected chi connectivity index (χ4v) is 4.26. The van der Waals surface area contributed by atoms with Gasteiger partial charge in [-0.15, -0.1) is 0 Å². The average Bonchev–Trinajstić information content (AvgIpc) is 3.50. The first-order valence-electron chi connectivity index (χ1n) is 10.7. The van der Waals surface area contributed by atoms with Crippen molar-refractivity contribution < 1.29 is 20.5 Å². The number of primary amides is 1. The molecule has 1 heterocycles. The number of nitrogens with one attached hydrogen (secondary N) is 1. The van der Waals surface area contributed by atoms with Crippen LogP contribution < -0.4 is 20.5 Å². The minimum absolute atomic E-state index is 0. The molecular formula is C26H26N2O4. The molecule has 0 bridgehead atoms. The Kier molecular flexibility index (Phi) is 4.85. The molecule has 0 aromatic heterocycles. The molecule has 5 rings (SSSR count). The second-order valence-corrected chi connectivity index (χ2v) is 8.27. The highest BCUT2D eigenvalue weighted by atomic mass is 16.7. The number of amides is 2. The van der Waals surface area contributed by atoms with Gasteiger partial charge in [0, 0.05) is 12.7 Å². The predicted molar refractivity (Wildman–Crippen MR) is 124 cm³/mol. The number of hydrogen-bond acceptors (Lipinski definition) is 4. The third kappa shape index (κ3) is 3.47. The van der Waals surface area contributed by atoms with Crippen LogP contribution >= 0.6 is 0 Å². The molecule has 2 aliphatic rings. The van der Waals surface area contributed by atoms with Crippen LogP contribution in [0.1, 0.15) is 42.7 Å². The zero-order valence-corrected chi connectivity index (χ0v) is 17.8. The van der Waals surface area contributed by atoms with E-state index in [1.807, 2.05) is 48.5 Å². The van der Waals surface area contributed by atoms with Gasteiger partial charge in [0.25, 0.3) is 0 Å². The molecule has 3 N–H and O–H groups in total. The Morgan fingerprint density at radius 3 is 2.44 bits per heavy atom. The van der Waals surface area contributed by atoms with E-state index in [4.69, 9.17) is 15.2 Å². The van der Waals surface area contributed by atoms with Crippen LogP contribution in [0, 0.1) is 0 Å². The molecule has 3 aromatic carbocycles. The molecule has 1 aliphatic carbocycles. The lowest BCUT2D eigenvalue weighted by molar-refractivity contribution is -0.118. The lowest BCUT2D eigenvalue weighted by Gasteiger charge is -2.18. The van der Waals surface area contributed by atoms with E-state index in [2.05, 4.69) is 12.2 Å². The van der Waals surface area contributed by atoms with Gasteiger partial charge in [0.1, 0.15) is 0 Å². The van der Waals surface area contributed by atoms with Gasteiger partial charge in [0.2, 0.25) is 18.6 Å². The number of rotatable bonds is 6. The molecule has 1 aliphatic heterocycles. The summed E-state index contributed by atoms with van der Waals surface area (Å²) in [6, 6.07) is 18.9. The summed E-state index contributed by atoms with van der Waals surface area (Å²) in [6.45, 7) is 2.30. The van der Waals surface area contributed by atoms with Crippen molar-refractivity contribution in [2.45, 2.75) is 31.6 Å². The van der Waals surface area contributed by atoms with Gasteiger partial charge < -0.3 is 20.5 Å². The van der Waals surface area contributed by atoms with Crippen molar-refractivity contribution in [3.63, 3.8) is 0 Å². The monoisotopic (exact) mass is 430 g/mol. The molecule has 32 heavy (non-hydrogen) atoms. The van der Waals surface area contributed by atoms with E-state index in [1.54, 1.807) is 12.1 Å². The van der Waals surface area contributed by atoms with Gasteiger partial charge in [-0.2, -0.15) is 0 Å². The number of benzene rings is 3. The summed E-state index contributed by atoms with van der Waals surface area (Å²) in [7, 11) is 0. The van der Waals surface area contributed by atoms with Crippen molar-refractivity contribution in [3.05, 3.63) is 77.4 Å². The van der Waals surface area contributed by atoms with Crippen LogP contribution in [0.4, 0.5) is 5.69 Å². The summed E-state index contributed by atoms with van der Waals surface area (Å²) < 4.78 is 10.9. The van der Waals surface area contributed by atoms with Crippen molar-refractivity contribution in [1.29, 1.82) is 0 Å². The highest BCUT2D eigenvalue weighted by Crippen LogP contribution is 2.51. The van der Waals surface area contributed by atoms with Crippen molar-refractivity contribution in [2.24, 2.45) is 5.73 Å². The van der Waals surface area contributed by atoms with E-state index in [-0.39, 0.29) is 14.1 Å². The Hall–Kier alpha value is -3.80. The second kappa shape index (κ2) is 7.71. The summed E-state index contributed by atoms with van der Waals surface area (Å²) in [5.41, 5.74) is 10.1. The van der Waals surface area contributed by atoms with Gasteiger partial charge in [-0.1, -0.05) is 31.2 Å². The average molecular weight is 431 g/mol. The van der Waals surface area contributed by atoms with Crippen LogP contribution in [0.25, 0.3) is 11.1 Å². The maximum absolute atomic E-state index is 13.3. The molecule has 1 fully saturated rings. The van der Waals surface area contributed by atoms with Gasteiger partial charge in [0.15, 0.2) is 11.5 Å². The van der Waals surface area contributed by atoms with Gasteiger partial charge in [-0.3, -0.25) is 9.59 Å². The quantitative estimate of drug-likeness (QED) is 0.595. The van der Waals surface area contributed by atoms with E-state index < -0.39 is 11.3 Å². The lowest BCUT2D eigenvalue weighted by Crippen LogP contribution is -2.27. The normalized spacial score (nSPS) is 15.3. The van der Waals surface area contributed by atoms with Crippen molar-refractivity contribution in [1.82, 2.24) is 0 Å². The molecule has 6 heteroatoms. The minimum Gasteiger partial charge on any atom is -0.454 e. The fraction of sp³-hybridized carbons (Fsp3) is 0.231. The number of anilines is 1. The summed E-state index contributed by atoms with van der Waals surface area (Å²) in [5, 5.41) is 3.12. The Labute approximate surface area is 187 Å². The standard InChI is InChI=1S/C26H24N2O4.H2/c1-2-16-7-9-20(14-21(16)17-3-5-18(6-4-17)24(27)29)28-25(30)26(11-12-26)19-8-10-22-23(13-19)32-15-31-22;/h3-10,13-14H,2,11-12,15H2,1H3,(H2,27,29)(H,28,30);1H. The molecule has 3 aromatic rings. The maximum Gasteiger partial charge on any atom is 0.248 e. The summed E-state index contributed by atoms with van der Waals surface area (Å²) in [4.78, 5) is 24.7. The summed E-state index contributed by atoms with van der Waals surface area (Å²) >= 11 is 0. The van der Waals surface area contributed by atoms with E-state index in [0.717, 1.165) is 47.2 Å². The van der Waals surface area contributed by atoms with Gasteiger partial charge in [-0.05, 0) is 77.9 Å². The zero-order chi connectivity index (χ0) is 22.3. The van der Waals surface area contributed by atoms with E-state index in [9.17, 15) is 9.59 Å². The molecule has 0 spiro atoms. The molecule has 164 valence electrons. The Balaban J connectivity index is 0.00000259. The van der Waals surface area contributed by atoms with Crippen LogP contribution in [0.2, 0.25) is 0 Å². The molecule has 0 atom stereocenters. The van der Waals surface area contributed by atoms with Crippen LogP contribution in [-0.4, -0.2) is 18.6 Å². The van der Waals surface area contributed by atoms with Crippen molar-refractivity contribution in [2.75, 3.05) is 12.1 Å². The smallest absolute Gasteiger partial charge is 0.248 e. The zero-order valence-electron chi connectivity index (χ0n) is 17.8. The van der Waals surface area contributed by atoms with Gasteiger partial charge in [0.05, 0.1) is 5.41 Å². The van der Waals surface area contributed by atoms with Crippen LogP contribution in [0.5, 0.6) is 11.5 Å². The number of aryl methyl sites for hydroxylation is 1. The Morgan fingerprint density at radius 2 is 1.75 bits per heavy atom. The summed E-state index contributed by atoms with van der Waals surface area (Å²) in [5.74, 6) is 0.935. The van der Waals surface area contributed by atoms with Crippen LogP contribution in [0.15, 0.2) is 60.7 Å². The Morgan fingerprint density at radius 1 is 1.00 bits per heavy atom. The number of ether oxygens (including phenoxy) is 2. The number of carbonyl (C=O) groups is 2. The molecule has 6 nitrogen and oxygen atoms in total. The van der Waals surface area contributed by atoms with Crippen molar-refractivity contribution >= 4 is 17.5 Å². The van der Waals surface area contributed by atoms with Crippen LogP contribution in [-0.2, 0) is 16.6 Å². The van der Waals surface area contributed by atoms with E-state index >= 15 is 0 Å². The lowest BCUT2D eigenvalue weighted by atomic mass is 9.93. The SMILES string of the molecule is CCc1ccc(NC(=O)C2(c3ccc4c(c3)OCO4)CC2)cc1-c1ccc(C(N)=O)cc1.[HH]. The first-order chi connectivity index (χ1) is 15.5. The first kappa shape index (κ1) is 20.1. The van der Waals surface area contributed by atoms with Crippen molar-refractivity contribution in [3.8, 4) is 22.6 Å². The predicted octanol–water partition coefficient (Wildman–Crippen LogP) is 4.66. The molecule has 0 unspecified atom stereocenters. The molecule has 1 saturated carbocycles. The highest BCUT2D eigenvalue weighted by Gasteiger charge is 2.51. The fourth-order valence-electron chi connectivity index (χ4n) is 4.26. The second-order valence-electron chi connectivity index (χ2n) is 8.27. The van der Waals surface area contributed by atoms with Gasteiger partial charge >= 0.3 is 0 Å². The number of hydrogen-bond donors (Lipinski definition) is 2. The molecule has 0 radical (unpaired) electrons. The topological polar surface area (TPSA) is 90.7 Å². The maximum atomic E-state index is 13.3. The highest BCUT2D eigenvalue weighted by molar-refractivity contribution is 6.02. The van der Waals surface area contributed by atoms with E-state index in [1.165, 1.54) is 0 Å². The minimum atomic E-state index is -0.534. The Bertz CT molecular complexity index is 1220. The third-order valence-corrected chi connectivity index (χ3v) is 6.34. The largest absolute Gasteiger partial charge is 0.454 e. The van der Waals surface area contributed by atoms with Gasteiger partial charge in [-0.25, -0.2) is 0 Å². The molecule has 0 saturated heterocycles. The number of fused-ring (bicyclic) bond motifs is 1. The number of carbonyl (C=O) groups excluding carboxylic acids is 2. The molecule has 2 amide bonds.